The van der Waals surface area contributed by atoms with Crippen molar-refractivity contribution in [3.8, 4) is 0 Å². The SMILES string of the molecule is CCC/C=C/C[O]. The second kappa shape index (κ2) is 5.70. The van der Waals surface area contributed by atoms with Crippen LogP contribution in [0.15, 0.2) is 12.2 Å². The highest BCUT2D eigenvalue weighted by atomic mass is 16.2. The standard InChI is InChI=1S/C6H11O/c1-2-3-4-5-6-7/h4-5H,2-3,6H2,1H3/b5-4+. The minimum absolute atomic E-state index is 0.0694. The summed E-state index contributed by atoms with van der Waals surface area (Å²) < 4.78 is 0. The molecule has 1 radical (unpaired) electrons. The number of hydrogen-bond acceptors (Lipinski definition) is 0. The average molecular weight is 99.2 g/mol. The van der Waals surface area contributed by atoms with Gasteiger partial charge in [0.15, 0.2) is 0 Å². The number of allylic oxidation sites excluding steroid dienone is 1. The topological polar surface area (TPSA) is 19.9 Å². The van der Waals surface area contributed by atoms with E-state index in [0.29, 0.717) is 0 Å². The molecule has 7 heavy (non-hydrogen) atoms. The van der Waals surface area contributed by atoms with Crippen molar-refractivity contribution in [1.82, 2.24) is 0 Å². The van der Waals surface area contributed by atoms with Gasteiger partial charge in [-0.15, -0.1) is 0 Å². The molecule has 0 saturated heterocycles. The van der Waals surface area contributed by atoms with Crippen LogP contribution < -0.4 is 0 Å². The predicted octanol–water partition coefficient (Wildman–Crippen LogP) is 1.77. The van der Waals surface area contributed by atoms with Crippen LogP contribution in [0.2, 0.25) is 0 Å². The highest BCUT2D eigenvalue weighted by molar-refractivity contribution is 4.79. The van der Waals surface area contributed by atoms with Gasteiger partial charge in [-0.1, -0.05) is 25.5 Å². The molecule has 0 aliphatic carbocycles. The summed E-state index contributed by atoms with van der Waals surface area (Å²) in [5.41, 5.74) is 0. The van der Waals surface area contributed by atoms with E-state index in [1.807, 2.05) is 6.08 Å². The smallest absolute Gasteiger partial charge is 0.100 e. The zero-order valence-electron chi connectivity index (χ0n) is 4.68. The molecule has 0 aromatic rings. The van der Waals surface area contributed by atoms with E-state index in [9.17, 15) is 5.11 Å². The summed E-state index contributed by atoms with van der Waals surface area (Å²) in [6.07, 6.45) is 5.76. The third-order valence-corrected chi connectivity index (χ3v) is 0.718. The molecular weight excluding hydrogens is 88.1 g/mol. The molecule has 0 aliphatic rings. The Morgan fingerprint density at radius 2 is 2.14 bits per heavy atom. The Bertz CT molecular complexity index is 48.1. The van der Waals surface area contributed by atoms with Gasteiger partial charge in [0.2, 0.25) is 0 Å². The Kier molecular flexibility index (Phi) is 5.46. The highest BCUT2D eigenvalue weighted by Gasteiger charge is 1.69. The van der Waals surface area contributed by atoms with E-state index in [-0.39, 0.29) is 6.61 Å². The maximum absolute atomic E-state index is 9.72. The predicted molar refractivity (Wildman–Crippen MR) is 29.6 cm³/mol. The summed E-state index contributed by atoms with van der Waals surface area (Å²) in [5, 5.41) is 9.72. The van der Waals surface area contributed by atoms with Crippen LogP contribution in [0.3, 0.4) is 0 Å². The molecular formula is C6H11O. The van der Waals surface area contributed by atoms with Gasteiger partial charge in [-0.05, 0) is 6.42 Å². The molecule has 0 aliphatic heterocycles. The fourth-order valence-corrected chi connectivity index (χ4v) is 0.353. The second-order valence-corrected chi connectivity index (χ2v) is 1.43. The van der Waals surface area contributed by atoms with Crippen molar-refractivity contribution in [1.29, 1.82) is 0 Å². The molecule has 0 N–H and O–H groups in total. The first-order valence-electron chi connectivity index (χ1n) is 2.65. The van der Waals surface area contributed by atoms with Gasteiger partial charge in [0.25, 0.3) is 0 Å². The van der Waals surface area contributed by atoms with Crippen LogP contribution in [0, 0.1) is 0 Å². The lowest BCUT2D eigenvalue weighted by Gasteiger charge is -1.78. The van der Waals surface area contributed by atoms with Gasteiger partial charge >= 0.3 is 0 Å². The molecule has 0 aromatic carbocycles. The molecule has 0 aromatic heterocycles. The Balaban J connectivity index is 2.78. The summed E-state index contributed by atoms with van der Waals surface area (Å²) in [6.45, 7) is 2.02. The van der Waals surface area contributed by atoms with E-state index in [1.54, 1.807) is 6.08 Å². The molecule has 0 saturated carbocycles. The maximum Gasteiger partial charge on any atom is 0.100 e. The van der Waals surface area contributed by atoms with Crippen LogP contribution in [-0.4, -0.2) is 6.61 Å². The largest absolute Gasteiger partial charge is 0.232 e. The van der Waals surface area contributed by atoms with E-state index >= 15 is 0 Å². The highest BCUT2D eigenvalue weighted by Crippen LogP contribution is 1.86. The molecule has 0 unspecified atom stereocenters. The lowest BCUT2D eigenvalue weighted by molar-refractivity contribution is 0.232. The number of unbranched alkanes of at least 4 members (excludes halogenated alkanes) is 1. The zero-order chi connectivity index (χ0) is 5.54. The van der Waals surface area contributed by atoms with Gasteiger partial charge in [-0.3, -0.25) is 0 Å². The Morgan fingerprint density at radius 3 is 2.57 bits per heavy atom. The average Bonchev–Trinajstić information content (AvgIpc) is 1.69. The maximum atomic E-state index is 9.72. The van der Waals surface area contributed by atoms with Crippen LogP contribution in [0.5, 0.6) is 0 Å². The molecule has 1 nitrogen and oxygen atoms in total. The summed E-state index contributed by atoms with van der Waals surface area (Å²) in [7, 11) is 0. The Hall–Kier alpha value is -0.300. The van der Waals surface area contributed by atoms with Crippen molar-refractivity contribution in [3.05, 3.63) is 12.2 Å². The zero-order valence-corrected chi connectivity index (χ0v) is 4.68. The van der Waals surface area contributed by atoms with E-state index in [4.69, 9.17) is 0 Å². The normalized spacial score (nSPS) is 10.6. The van der Waals surface area contributed by atoms with Gasteiger partial charge in [-0.25, -0.2) is 5.11 Å². The lowest BCUT2D eigenvalue weighted by Crippen LogP contribution is -1.67. The molecule has 0 atom stereocenters. The van der Waals surface area contributed by atoms with Crippen molar-refractivity contribution in [2.75, 3.05) is 6.61 Å². The molecule has 0 rings (SSSR count). The van der Waals surface area contributed by atoms with E-state index in [0.717, 1.165) is 12.8 Å². The minimum Gasteiger partial charge on any atom is -0.232 e. The Morgan fingerprint density at radius 1 is 1.43 bits per heavy atom. The van der Waals surface area contributed by atoms with E-state index in [1.165, 1.54) is 0 Å². The van der Waals surface area contributed by atoms with Crippen molar-refractivity contribution < 1.29 is 5.11 Å². The molecule has 0 spiro atoms. The number of rotatable bonds is 3. The van der Waals surface area contributed by atoms with Crippen LogP contribution in [-0.2, 0) is 5.11 Å². The van der Waals surface area contributed by atoms with Crippen LogP contribution >= 0.6 is 0 Å². The number of hydrogen-bond donors (Lipinski definition) is 0. The molecule has 1 heteroatoms. The first-order valence-corrected chi connectivity index (χ1v) is 2.65. The van der Waals surface area contributed by atoms with Crippen molar-refractivity contribution in [2.24, 2.45) is 0 Å². The first kappa shape index (κ1) is 6.70. The van der Waals surface area contributed by atoms with Gasteiger partial charge < -0.3 is 0 Å². The van der Waals surface area contributed by atoms with Crippen molar-refractivity contribution >= 4 is 0 Å². The fraction of sp³-hybridized carbons (Fsp3) is 0.667. The van der Waals surface area contributed by atoms with E-state index < -0.39 is 0 Å². The van der Waals surface area contributed by atoms with Crippen molar-refractivity contribution in [2.45, 2.75) is 19.8 Å². The molecule has 0 fully saturated rings. The summed E-state index contributed by atoms with van der Waals surface area (Å²) in [4.78, 5) is 0. The summed E-state index contributed by atoms with van der Waals surface area (Å²) in [5.74, 6) is 0. The molecule has 41 valence electrons. The molecule has 0 bridgehead atoms. The third kappa shape index (κ3) is 5.70. The van der Waals surface area contributed by atoms with Gasteiger partial charge in [0, 0.05) is 0 Å². The third-order valence-electron chi connectivity index (χ3n) is 0.718. The van der Waals surface area contributed by atoms with E-state index in [2.05, 4.69) is 6.92 Å². The summed E-state index contributed by atoms with van der Waals surface area (Å²) in [6, 6.07) is 0. The molecule has 0 amide bonds. The summed E-state index contributed by atoms with van der Waals surface area (Å²) >= 11 is 0. The first-order chi connectivity index (χ1) is 3.41. The quantitative estimate of drug-likeness (QED) is 0.480. The van der Waals surface area contributed by atoms with Crippen molar-refractivity contribution in [3.63, 3.8) is 0 Å². The minimum atomic E-state index is -0.0694. The Labute approximate surface area is 44.7 Å². The lowest BCUT2D eigenvalue weighted by atomic mass is 10.3. The monoisotopic (exact) mass is 99.1 g/mol. The molecule has 0 heterocycles. The van der Waals surface area contributed by atoms with Gasteiger partial charge in [0.05, 0.1) is 0 Å². The van der Waals surface area contributed by atoms with Crippen LogP contribution in [0.1, 0.15) is 19.8 Å². The van der Waals surface area contributed by atoms with Gasteiger partial charge in [-0.2, -0.15) is 0 Å². The fourth-order valence-electron chi connectivity index (χ4n) is 0.353. The van der Waals surface area contributed by atoms with Crippen LogP contribution in [0.4, 0.5) is 0 Å². The van der Waals surface area contributed by atoms with Crippen LogP contribution in [0.25, 0.3) is 0 Å². The van der Waals surface area contributed by atoms with Gasteiger partial charge in [0.1, 0.15) is 6.61 Å². The second-order valence-electron chi connectivity index (χ2n) is 1.43.